The summed E-state index contributed by atoms with van der Waals surface area (Å²) >= 11 is 0. The zero-order chi connectivity index (χ0) is 13.2. The van der Waals surface area contributed by atoms with Gasteiger partial charge < -0.3 is 10.2 Å². The summed E-state index contributed by atoms with van der Waals surface area (Å²) in [6.45, 7) is 3.79. The lowest BCUT2D eigenvalue weighted by Gasteiger charge is -2.43. The molecule has 2 aliphatic rings. The number of likely N-dealkylation sites (tertiary alicyclic amines) is 2. The van der Waals surface area contributed by atoms with E-state index < -0.39 is 5.82 Å². The van der Waals surface area contributed by atoms with Gasteiger partial charge in [-0.1, -0.05) is 12.1 Å². The number of hydrogen-bond donors (Lipinski definition) is 1. The van der Waals surface area contributed by atoms with Crippen molar-refractivity contribution < 1.29 is 9.18 Å². The fraction of sp³-hybridized carbons (Fsp3) is 0.500. The first-order valence-electron chi connectivity index (χ1n) is 6.78. The highest BCUT2D eigenvalue weighted by Gasteiger charge is 2.35. The second-order valence-electron chi connectivity index (χ2n) is 5.21. The number of carbonyl (C=O) groups is 1. The normalized spacial score (nSPS) is 20.4. The predicted octanol–water partition coefficient (Wildman–Crippen LogP) is 2.14. The molecule has 5 heteroatoms. The molecule has 0 aliphatic carbocycles. The van der Waals surface area contributed by atoms with Crippen LogP contribution < -0.4 is 5.32 Å². The van der Waals surface area contributed by atoms with Gasteiger partial charge in [0.15, 0.2) is 0 Å². The minimum atomic E-state index is -0.396. The lowest BCUT2D eigenvalue weighted by atomic mass is 10.1. The first kappa shape index (κ1) is 12.4. The summed E-state index contributed by atoms with van der Waals surface area (Å²) in [5.41, 5.74) is 0.247. The van der Waals surface area contributed by atoms with E-state index in [-0.39, 0.29) is 11.7 Å². The van der Waals surface area contributed by atoms with Crippen molar-refractivity contribution in [1.29, 1.82) is 0 Å². The maximum absolute atomic E-state index is 13.4. The summed E-state index contributed by atoms with van der Waals surface area (Å²) in [5, 5.41) is 2.62. The summed E-state index contributed by atoms with van der Waals surface area (Å²) in [7, 11) is 0. The third-order valence-electron chi connectivity index (χ3n) is 3.92. The molecular formula is C14H18FN3O. The second kappa shape index (κ2) is 5.17. The highest BCUT2D eigenvalue weighted by Crippen LogP contribution is 2.21. The maximum Gasteiger partial charge on any atom is 0.322 e. The Morgan fingerprint density at radius 1 is 1.21 bits per heavy atom. The van der Waals surface area contributed by atoms with Crippen LogP contribution in [0.15, 0.2) is 24.3 Å². The summed E-state index contributed by atoms with van der Waals surface area (Å²) in [6.07, 6.45) is 2.52. The fourth-order valence-corrected chi connectivity index (χ4v) is 2.72. The fourth-order valence-electron chi connectivity index (χ4n) is 2.72. The number of halogens is 1. The standard InChI is InChI=1S/C14H18FN3O/c15-12-5-1-2-6-13(12)16-14(19)18-9-11(10-18)17-7-3-4-8-17/h1-2,5-6,11H,3-4,7-10H2,(H,16,19). The molecule has 2 amide bonds. The van der Waals surface area contributed by atoms with Crippen LogP contribution in [0.2, 0.25) is 0 Å². The molecule has 4 nitrogen and oxygen atoms in total. The van der Waals surface area contributed by atoms with Gasteiger partial charge in [-0.15, -0.1) is 0 Å². The highest BCUT2D eigenvalue weighted by atomic mass is 19.1. The van der Waals surface area contributed by atoms with E-state index in [2.05, 4.69) is 10.2 Å². The second-order valence-corrected chi connectivity index (χ2v) is 5.21. The molecule has 0 spiro atoms. The number of nitrogens with one attached hydrogen (secondary N) is 1. The molecule has 2 aliphatic heterocycles. The average Bonchev–Trinajstić information content (AvgIpc) is 2.84. The molecule has 3 rings (SSSR count). The van der Waals surface area contributed by atoms with Crippen molar-refractivity contribution in [2.45, 2.75) is 18.9 Å². The maximum atomic E-state index is 13.4. The lowest BCUT2D eigenvalue weighted by Crippen LogP contribution is -2.61. The molecule has 0 atom stereocenters. The quantitative estimate of drug-likeness (QED) is 0.887. The number of para-hydroxylation sites is 1. The van der Waals surface area contributed by atoms with E-state index in [0.717, 1.165) is 26.2 Å². The summed E-state index contributed by atoms with van der Waals surface area (Å²) in [6, 6.07) is 6.53. The molecule has 19 heavy (non-hydrogen) atoms. The minimum absolute atomic E-state index is 0.208. The lowest BCUT2D eigenvalue weighted by molar-refractivity contribution is 0.0775. The Kier molecular flexibility index (Phi) is 3.38. The van der Waals surface area contributed by atoms with Crippen LogP contribution in [0.4, 0.5) is 14.9 Å². The largest absolute Gasteiger partial charge is 0.322 e. The number of benzene rings is 1. The van der Waals surface area contributed by atoms with Gasteiger partial charge in [0.05, 0.1) is 5.69 Å². The molecule has 0 aromatic heterocycles. The monoisotopic (exact) mass is 263 g/mol. The third kappa shape index (κ3) is 2.56. The van der Waals surface area contributed by atoms with E-state index in [0.29, 0.717) is 6.04 Å². The van der Waals surface area contributed by atoms with Gasteiger partial charge in [0.2, 0.25) is 0 Å². The molecule has 2 fully saturated rings. The van der Waals surface area contributed by atoms with Crippen LogP contribution in [0.1, 0.15) is 12.8 Å². The van der Waals surface area contributed by atoms with Crippen LogP contribution in [-0.2, 0) is 0 Å². The van der Waals surface area contributed by atoms with Gasteiger partial charge in [-0.05, 0) is 38.1 Å². The molecular weight excluding hydrogens is 245 g/mol. The number of hydrogen-bond acceptors (Lipinski definition) is 2. The number of rotatable bonds is 2. The van der Waals surface area contributed by atoms with E-state index in [1.54, 1.807) is 23.1 Å². The van der Waals surface area contributed by atoms with Crippen LogP contribution in [0.5, 0.6) is 0 Å². The van der Waals surface area contributed by atoms with E-state index in [4.69, 9.17) is 0 Å². The first-order valence-corrected chi connectivity index (χ1v) is 6.78. The van der Waals surface area contributed by atoms with E-state index >= 15 is 0 Å². The van der Waals surface area contributed by atoms with Gasteiger partial charge in [-0.2, -0.15) is 0 Å². The third-order valence-corrected chi connectivity index (χ3v) is 3.92. The zero-order valence-corrected chi connectivity index (χ0v) is 10.8. The van der Waals surface area contributed by atoms with E-state index in [1.165, 1.54) is 18.9 Å². The van der Waals surface area contributed by atoms with E-state index in [1.807, 2.05) is 0 Å². The minimum Gasteiger partial charge on any atom is -0.321 e. The SMILES string of the molecule is O=C(Nc1ccccc1F)N1CC(N2CCCC2)C1. The Balaban J connectivity index is 1.51. The number of urea groups is 1. The molecule has 2 saturated heterocycles. The van der Waals surface area contributed by atoms with Crippen molar-refractivity contribution in [3.63, 3.8) is 0 Å². The predicted molar refractivity (Wildman–Crippen MR) is 71.6 cm³/mol. The van der Waals surface area contributed by atoms with Gasteiger partial charge in [0, 0.05) is 19.1 Å². The highest BCUT2D eigenvalue weighted by molar-refractivity contribution is 5.90. The molecule has 1 aromatic rings. The van der Waals surface area contributed by atoms with Crippen LogP contribution in [-0.4, -0.2) is 48.1 Å². The smallest absolute Gasteiger partial charge is 0.321 e. The van der Waals surface area contributed by atoms with Crippen molar-refractivity contribution in [2.24, 2.45) is 0 Å². The van der Waals surface area contributed by atoms with Gasteiger partial charge in [0.25, 0.3) is 0 Å². The van der Waals surface area contributed by atoms with Gasteiger partial charge in [-0.25, -0.2) is 9.18 Å². The summed E-state index contributed by atoms with van der Waals surface area (Å²) in [4.78, 5) is 16.1. The van der Waals surface area contributed by atoms with Crippen LogP contribution >= 0.6 is 0 Å². The van der Waals surface area contributed by atoms with Crippen molar-refractivity contribution >= 4 is 11.7 Å². The van der Waals surface area contributed by atoms with Crippen molar-refractivity contribution in [3.05, 3.63) is 30.1 Å². The zero-order valence-electron chi connectivity index (χ0n) is 10.8. The molecule has 0 unspecified atom stereocenters. The summed E-state index contributed by atoms with van der Waals surface area (Å²) < 4.78 is 13.4. The van der Waals surface area contributed by atoms with Crippen LogP contribution in [0.3, 0.4) is 0 Å². The Hall–Kier alpha value is -1.62. The topological polar surface area (TPSA) is 35.6 Å². The Morgan fingerprint density at radius 3 is 2.58 bits per heavy atom. The van der Waals surface area contributed by atoms with Crippen LogP contribution in [0.25, 0.3) is 0 Å². The number of anilines is 1. The average molecular weight is 263 g/mol. The van der Waals surface area contributed by atoms with Gasteiger partial charge in [-0.3, -0.25) is 4.90 Å². The molecule has 0 saturated carbocycles. The molecule has 102 valence electrons. The Morgan fingerprint density at radius 2 is 1.89 bits per heavy atom. The van der Waals surface area contributed by atoms with Gasteiger partial charge in [0.1, 0.15) is 5.82 Å². The Bertz CT molecular complexity index is 468. The number of amides is 2. The number of nitrogens with zero attached hydrogens (tertiary/aromatic N) is 2. The van der Waals surface area contributed by atoms with Crippen molar-refractivity contribution in [1.82, 2.24) is 9.80 Å². The Labute approximate surface area is 112 Å². The van der Waals surface area contributed by atoms with Crippen molar-refractivity contribution in [2.75, 3.05) is 31.5 Å². The molecule has 2 heterocycles. The van der Waals surface area contributed by atoms with E-state index in [9.17, 15) is 9.18 Å². The summed E-state index contributed by atoms with van der Waals surface area (Å²) in [5.74, 6) is -0.396. The number of carbonyl (C=O) groups excluding carboxylic acids is 1. The van der Waals surface area contributed by atoms with Crippen molar-refractivity contribution in [3.8, 4) is 0 Å². The van der Waals surface area contributed by atoms with Gasteiger partial charge >= 0.3 is 6.03 Å². The molecule has 0 radical (unpaired) electrons. The molecule has 1 aromatic carbocycles. The first-order chi connectivity index (χ1) is 9.24. The molecule has 1 N–H and O–H groups in total. The van der Waals surface area contributed by atoms with Crippen LogP contribution in [0, 0.1) is 5.82 Å². The molecule has 0 bridgehead atoms.